The van der Waals surface area contributed by atoms with Gasteiger partial charge in [-0.3, -0.25) is 0 Å². The SMILES string of the molecule is CCC(N)CCCOC1CCCc2ccccc21. The van der Waals surface area contributed by atoms with Gasteiger partial charge in [0.15, 0.2) is 0 Å². The maximum atomic E-state index is 6.05. The molecule has 2 nitrogen and oxygen atoms in total. The molecule has 18 heavy (non-hydrogen) atoms. The first-order chi connectivity index (χ1) is 8.81. The molecule has 0 bridgehead atoms. The molecule has 1 aliphatic rings. The number of hydrogen-bond donors (Lipinski definition) is 1. The maximum absolute atomic E-state index is 6.05. The van der Waals surface area contributed by atoms with E-state index in [2.05, 4.69) is 31.2 Å². The highest BCUT2D eigenvalue weighted by Crippen LogP contribution is 2.32. The summed E-state index contributed by atoms with van der Waals surface area (Å²) in [4.78, 5) is 0. The molecule has 0 fully saturated rings. The van der Waals surface area contributed by atoms with E-state index >= 15 is 0 Å². The minimum Gasteiger partial charge on any atom is -0.374 e. The van der Waals surface area contributed by atoms with Crippen molar-refractivity contribution in [3.8, 4) is 0 Å². The van der Waals surface area contributed by atoms with Crippen LogP contribution in [0.25, 0.3) is 0 Å². The van der Waals surface area contributed by atoms with Crippen LogP contribution in [-0.2, 0) is 11.2 Å². The van der Waals surface area contributed by atoms with E-state index in [1.807, 2.05) is 0 Å². The second kappa shape index (κ2) is 6.91. The Morgan fingerprint density at radius 2 is 2.22 bits per heavy atom. The van der Waals surface area contributed by atoms with Gasteiger partial charge in [0.2, 0.25) is 0 Å². The lowest BCUT2D eigenvalue weighted by molar-refractivity contribution is 0.0377. The van der Waals surface area contributed by atoms with Gasteiger partial charge in [0.25, 0.3) is 0 Å². The zero-order valence-electron chi connectivity index (χ0n) is 11.4. The van der Waals surface area contributed by atoms with E-state index in [1.54, 1.807) is 0 Å². The molecule has 0 saturated heterocycles. The summed E-state index contributed by atoms with van der Waals surface area (Å²) in [5, 5.41) is 0. The molecule has 1 aliphatic carbocycles. The van der Waals surface area contributed by atoms with Crippen molar-refractivity contribution in [1.82, 2.24) is 0 Å². The van der Waals surface area contributed by atoms with Crippen LogP contribution in [0.1, 0.15) is 56.3 Å². The molecule has 2 unspecified atom stereocenters. The summed E-state index contributed by atoms with van der Waals surface area (Å²) < 4.78 is 6.05. The predicted molar refractivity (Wildman–Crippen MR) is 75.6 cm³/mol. The van der Waals surface area contributed by atoms with E-state index < -0.39 is 0 Å². The highest BCUT2D eigenvalue weighted by atomic mass is 16.5. The van der Waals surface area contributed by atoms with Crippen molar-refractivity contribution in [3.63, 3.8) is 0 Å². The van der Waals surface area contributed by atoms with E-state index in [-0.39, 0.29) is 0 Å². The Bertz CT molecular complexity index is 364. The summed E-state index contributed by atoms with van der Waals surface area (Å²) >= 11 is 0. The van der Waals surface area contributed by atoms with Crippen LogP contribution in [0.4, 0.5) is 0 Å². The van der Waals surface area contributed by atoms with Crippen LogP contribution in [0.3, 0.4) is 0 Å². The van der Waals surface area contributed by atoms with Crippen LogP contribution in [-0.4, -0.2) is 12.6 Å². The lowest BCUT2D eigenvalue weighted by Gasteiger charge is -2.25. The van der Waals surface area contributed by atoms with Gasteiger partial charge >= 0.3 is 0 Å². The summed E-state index contributed by atoms with van der Waals surface area (Å²) in [5.74, 6) is 0. The van der Waals surface area contributed by atoms with E-state index in [4.69, 9.17) is 10.5 Å². The second-order valence-electron chi connectivity index (χ2n) is 5.26. The van der Waals surface area contributed by atoms with Gasteiger partial charge in [-0.25, -0.2) is 0 Å². The Hall–Kier alpha value is -0.860. The molecule has 2 atom stereocenters. The largest absolute Gasteiger partial charge is 0.374 e. The first-order valence-corrected chi connectivity index (χ1v) is 7.26. The van der Waals surface area contributed by atoms with Crippen molar-refractivity contribution in [2.45, 2.75) is 57.6 Å². The first kappa shape index (κ1) is 13.6. The van der Waals surface area contributed by atoms with Crippen LogP contribution in [0.5, 0.6) is 0 Å². The summed E-state index contributed by atoms with van der Waals surface area (Å²) in [6.45, 7) is 2.98. The molecule has 2 N–H and O–H groups in total. The molecule has 0 amide bonds. The predicted octanol–water partition coefficient (Wildman–Crippen LogP) is 3.60. The number of aryl methyl sites for hydroxylation is 1. The van der Waals surface area contributed by atoms with Crippen molar-refractivity contribution in [2.75, 3.05) is 6.61 Å². The fourth-order valence-corrected chi connectivity index (χ4v) is 2.66. The Balaban J connectivity index is 1.81. The average molecular weight is 247 g/mol. The molecule has 0 aliphatic heterocycles. The smallest absolute Gasteiger partial charge is 0.0827 e. The molecular weight excluding hydrogens is 222 g/mol. The fourth-order valence-electron chi connectivity index (χ4n) is 2.66. The summed E-state index contributed by atoms with van der Waals surface area (Å²) in [6, 6.07) is 9.04. The average Bonchev–Trinajstić information content (AvgIpc) is 2.43. The third-order valence-corrected chi connectivity index (χ3v) is 3.88. The number of nitrogens with two attached hydrogens (primary N) is 1. The van der Waals surface area contributed by atoms with Crippen LogP contribution in [0.2, 0.25) is 0 Å². The van der Waals surface area contributed by atoms with Crippen LogP contribution >= 0.6 is 0 Å². The summed E-state index contributed by atoms with van der Waals surface area (Å²) in [5.41, 5.74) is 8.79. The summed E-state index contributed by atoms with van der Waals surface area (Å²) in [6.07, 6.45) is 7.14. The lowest BCUT2D eigenvalue weighted by Crippen LogP contribution is -2.19. The van der Waals surface area contributed by atoms with Gasteiger partial charge in [-0.1, -0.05) is 31.2 Å². The Morgan fingerprint density at radius 3 is 3.06 bits per heavy atom. The van der Waals surface area contributed by atoms with Gasteiger partial charge in [-0.15, -0.1) is 0 Å². The quantitative estimate of drug-likeness (QED) is 0.780. The second-order valence-corrected chi connectivity index (χ2v) is 5.26. The Labute approximate surface area is 111 Å². The maximum Gasteiger partial charge on any atom is 0.0827 e. The molecule has 0 radical (unpaired) electrons. The van der Waals surface area contributed by atoms with Gasteiger partial charge in [-0.2, -0.15) is 0 Å². The molecule has 0 heterocycles. The Morgan fingerprint density at radius 1 is 1.39 bits per heavy atom. The molecule has 100 valence electrons. The number of rotatable bonds is 6. The standard InChI is InChI=1S/C16H25NO/c1-2-14(17)9-6-12-18-16-11-5-8-13-7-3-4-10-15(13)16/h3-4,7,10,14,16H,2,5-6,8-9,11-12,17H2,1H3. The minimum atomic E-state index is 0.313. The zero-order chi connectivity index (χ0) is 12.8. The zero-order valence-corrected chi connectivity index (χ0v) is 11.4. The number of hydrogen-bond acceptors (Lipinski definition) is 2. The summed E-state index contributed by atoms with van der Waals surface area (Å²) in [7, 11) is 0. The third-order valence-electron chi connectivity index (χ3n) is 3.88. The van der Waals surface area contributed by atoms with Gasteiger partial charge in [0, 0.05) is 12.6 Å². The molecule has 0 aromatic heterocycles. The molecule has 0 spiro atoms. The van der Waals surface area contributed by atoms with Gasteiger partial charge in [0.05, 0.1) is 6.10 Å². The topological polar surface area (TPSA) is 35.2 Å². The van der Waals surface area contributed by atoms with Crippen LogP contribution in [0.15, 0.2) is 24.3 Å². The van der Waals surface area contributed by atoms with Crippen LogP contribution < -0.4 is 5.73 Å². The van der Waals surface area contributed by atoms with Crippen molar-refractivity contribution < 1.29 is 4.74 Å². The third kappa shape index (κ3) is 3.56. The minimum absolute atomic E-state index is 0.313. The van der Waals surface area contributed by atoms with E-state index in [1.165, 1.54) is 24.0 Å². The molecular formula is C16H25NO. The monoisotopic (exact) mass is 247 g/mol. The van der Waals surface area contributed by atoms with Crippen LogP contribution in [0, 0.1) is 0 Å². The first-order valence-electron chi connectivity index (χ1n) is 7.26. The molecule has 2 rings (SSSR count). The number of ether oxygens (including phenoxy) is 1. The van der Waals surface area contributed by atoms with E-state index in [0.29, 0.717) is 12.1 Å². The number of benzene rings is 1. The molecule has 1 aromatic carbocycles. The van der Waals surface area contributed by atoms with Crippen molar-refractivity contribution >= 4 is 0 Å². The number of fused-ring (bicyclic) bond motifs is 1. The van der Waals surface area contributed by atoms with Gasteiger partial charge < -0.3 is 10.5 Å². The normalized spacial score (nSPS) is 20.4. The van der Waals surface area contributed by atoms with Crippen molar-refractivity contribution in [2.24, 2.45) is 5.73 Å². The van der Waals surface area contributed by atoms with Gasteiger partial charge in [-0.05, 0) is 49.7 Å². The fraction of sp³-hybridized carbons (Fsp3) is 0.625. The van der Waals surface area contributed by atoms with Crippen molar-refractivity contribution in [1.29, 1.82) is 0 Å². The molecule has 2 heteroatoms. The van der Waals surface area contributed by atoms with E-state index in [0.717, 1.165) is 32.3 Å². The Kier molecular flexibility index (Phi) is 5.21. The van der Waals surface area contributed by atoms with Gasteiger partial charge in [0.1, 0.15) is 0 Å². The molecule has 1 aromatic rings. The lowest BCUT2D eigenvalue weighted by atomic mass is 9.89. The van der Waals surface area contributed by atoms with Crippen molar-refractivity contribution in [3.05, 3.63) is 35.4 Å². The highest BCUT2D eigenvalue weighted by Gasteiger charge is 2.19. The molecule has 0 saturated carbocycles. The highest BCUT2D eigenvalue weighted by molar-refractivity contribution is 5.31. The van der Waals surface area contributed by atoms with E-state index in [9.17, 15) is 0 Å².